The van der Waals surface area contributed by atoms with E-state index in [0.717, 1.165) is 0 Å². The Morgan fingerprint density at radius 1 is 1.19 bits per heavy atom. The summed E-state index contributed by atoms with van der Waals surface area (Å²) in [5, 5.41) is 19.5. The molecular weight excluding hydrogens is 214 g/mol. The van der Waals surface area contributed by atoms with Crippen LogP contribution in [0.1, 0.15) is 0 Å². The first-order valence-electron chi connectivity index (χ1n) is 5.21. The highest BCUT2D eigenvalue weighted by molar-refractivity contribution is 5.80. The maximum Gasteiger partial charge on any atom is 0.323 e. The Hall–Kier alpha value is -1.34. The number of aliphatic carboxylic acids is 1. The Labute approximate surface area is 93.6 Å². The first kappa shape index (κ1) is 12.7. The van der Waals surface area contributed by atoms with E-state index >= 15 is 0 Å². The summed E-state index contributed by atoms with van der Waals surface area (Å²) in [6.07, 6.45) is 0. The molecule has 1 fully saturated rings. The van der Waals surface area contributed by atoms with E-state index in [1.54, 1.807) is 4.90 Å². The molecule has 7 heteroatoms. The summed E-state index contributed by atoms with van der Waals surface area (Å²) in [4.78, 5) is 25.3. The minimum atomic E-state index is -1.05. The minimum Gasteiger partial charge on any atom is -0.480 e. The number of hydrogen-bond donors (Lipinski definition) is 3. The van der Waals surface area contributed by atoms with Crippen molar-refractivity contribution in [1.29, 1.82) is 0 Å². The van der Waals surface area contributed by atoms with Gasteiger partial charge in [0.1, 0.15) is 6.54 Å². The Bertz CT molecular complexity index is 251. The van der Waals surface area contributed by atoms with Gasteiger partial charge in [-0.15, -0.1) is 0 Å². The highest BCUT2D eigenvalue weighted by Crippen LogP contribution is 2.00. The van der Waals surface area contributed by atoms with Gasteiger partial charge < -0.3 is 20.4 Å². The van der Waals surface area contributed by atoms with E-state index in [-0.39, 0.29) is 19.2 Å². The highest BCUT2D eigenvalue weighted by Gasteiger charge is 2.20. The lowest BCUT2D eigenvalue weighted by atomic mass is 10.3. The number of amides is 2. The van der Waals surface area contributed by atoms with Gasteiger partial charge in [-0.2, -0.15) is 0 Å². The lowest BCUT2D eigenvalue weighted by Crippen LogP contribution is -2.52. The zero-order valence-electron chi connectivity index (χ0n) is 9.06. The second kappa shape index (κ2) is 6.29. The lowest BCUT2D eigenvalue weighted by molar-refractivity contribution is -0.135. The van der Waals surface area contributed by atoms with Crippen LogP contribution in [0.15, 0.2) is 0 Å². The van der Waals surface area contributed by atoms with Gasteiger partial charge in [0, 0.05) is 32.7 Å². The summed E-state index contributed by atoms with van der Waals surface area (Å²) in [7, 11) is 0. The van der Waals surface area contributed by atoms with Crippen LogP contribution in [0, 0.1) is 0 Å². The number of aliphatic hydroxyl groups excluding tert-OH is 1. The van der Waals surface area contributed by atoms with Crippen molar-refractivity contribution in [2.45, 2.75) is 0 Å². The number of hydrogen-bond acceptors (Lipinski definition) is 4. The number of carbonyl (C=O) groups is 2. The Morgan fingerprint density at radius 3 is 2.31 bits per heavy atom. The number of carboxylic acids is 1. The molecule has 0 aromatic carbocycles. The van der Waals surface area contributed by atoms with Crippen molar-refractivity contribution in [1.82, 2.24) is 15.1 Å². The number of piperazine rings is 1. The molecule has 0 aromatic rings. The van der Waals surface area contributed by atoms with Gasteiger partial charge >= 0.3 is 12.0 Å². The van der Waals surface area contributed by atoms with Crippen LogP contribution in [0.5, 0.6) is 0 Å². The third kappa shape index (κ3) is 4.03. The van der Waals surface area contributed by atoms with Gasteiger partial charge in [-0.3, -0.25) is 9.69 Å². The average molecular weight is 231 g/mol. The molecular formula is C9H17N3O4. The van der Waals surface area contributed by atoms with Gasteiger partial charge in [0.2, 0.25) is 0 Å². The van der Waals surface area contributed by atoms with Crippen molar-refractivity contribution in [2.75, 3.05) is 45.9 Å². The third-order valence-corrected chi connectivity index (χ3v) is 2.47. The van der Waals surface area contributed by atoms with Gasteiger partial charge in [0.05, 0.1) is 6.61 Å². The number of carbonyl (C=O) groups excluding carboxylic acids is 1. The fourth-order valence-corrected chi connectivity index (χ4v) is 1.58. The summed E-state index contributed by atoms with van der Waals surface area (Å²) in [5.74, 6) is -1.05. The zero-order valence-corrected chi connectivity index (χ0v) is 9.06. The molecule has 1 heterocycles. The Morgan fingerprint density at radius 2 is 1.81 bits per heavy atom. The number of nitrogens with one attached hydrogen (secondary N) is 1. The van der Waals surface area contributed by atoms with Crippen LogP contribution in [-0.2, 0) is 4.79 Å². The van der Waals surface area contributed by atoms with Gasteiger partial charge in [-0.25, -0.2) is 4.79 Å². The van der Waals surface area contributed by atoms with Gasteiger partial charge in [-0.1, -0.05) is 0 Å². The molecule has 0 aromatic heterocycles. The summed E-state index contributed by atoms with van der Waals surface area (Å²) >= 11 is 0. The van der Waals surface area contributed by atoms with Crippen LogP contribution in [0.3, 0.4) is 0 Å². The second-order valence-corrected chi connectivity index (χ2v) is 3.60. The minimum absolute atomic E-state index is 0.116. The molecule has 7 nitrogen and oxygen atoms in total. The molecule has 1 saturated heterocycles. The smallest absolute Gasteiger partial charge is 0.323 e. The second-order valence-electron chi connectivity index (χ2n) is 3.60. The molecule has 0 aliphatic carbocycles. The normalized spacial score (nSPS) is 17.2. The van der Waals surface area contributed by atoms with E-state index in [1.807, 2.05) is 0 Å². The van der Waals surface area contributed by atoms with E-state index in [1.165, 1.54) is 0 Å². The van der Waals surface area contributed by atoms with Crippen molar-refractivity contribution >= 4 is 12.0 Å². The molecule has 2 amide bonds. The molecule has 1 rings (SSSR count). The SMILES string of the molecule is O=C(O)CNC(=O)N1CCN(CCO)CC1. The van der Waals surface area contributed by atoms with Crippen LogP contribution < -0.4 is 5.32 Å². The van der Waals surface area contributed by atoms with Crippen LogP contribution in [0.2, 0.25) is 0 Å². The maximum absolute atomic E-state index is 11.5. The molecule has 0 radical (unpaired) electrons. The Kier molecular flexibility index (Phi) is 5.00. The maximum atomic E-state index is 11.5. The average Bonchev–Trinajstić information content (AvgIpc) is 2.27. The molecule has 1 aliphatic heterocycles. The molecule has 3 N–H and O–H groups in total. The van der Waals surface area contributed by atoms with Crippen LogP contribution in [-0.4, -0.2) is 77.9 Å². The lowest BCUT2D eigenvalue weighted by Gasteiger charge is -2.34. The van der Waals surface area contributed by atoms with Crippen LogP contribution in [0.25, 0.3) is 0 Å². The van der Waals surface area contributed by atoms with Gasteiger partial charge in [-0.05, 0) is 0 Å². The fraction of sp³-hybridized carbons (Fsp3) is 0.778. The third-order valence-electron chi connectivity index (χ3n) is 2.47. The molecule has 0 unspecified atom stereocenters. The van der Waals surface area contributed by atoms with E-state index in [2.05, 4.69) is 10.2 Å². The van der Waals surface area contributed by atoms with E-state index in [0.29, 0.717) is 32.7 Å². The molecule has 0 atom stereocenters. The van der Waals surface area contributed by atoms with Crippen molar-refractivity contribution in [3.8, 4) is 0 Å². The summed E-state index contributed by atoms with van der Waals surface area (Å²) < 4.78 is 0. The van der Waals surface area contributed by atoms with E-state index in [9.17, 15) is 9.59 Å². The molecule has 1 aliphatic rings. The fourth-order valence-electron chi connectivity index (χ4n) is 1.58. The molecule has 0 spiro atoms. The predicted octanol–water partition coefficient (Wildman–Crippen LogP) is -1.61. The number of nitrogens with zero attached hydrogens (tertiary/aromatic N) is 2. The number of urea groups is 1. The summed E-state index contributed by atoms with van der Waals surface area (Å²) in [6.45, 7) is 2.92. The number of β-amino-alcohol motifs (C(OH)–C–C–N with tert-alkyl or cyclic N) is 1. The van der Waals surface area contributed by atoms with E-state index < -0.39 is 5.97 Å². The number of aliphatic hydroxyl groups is 1. The largest absolute Gasteiger partial charge is 0.480 e. The quantitative estimate of drug-likeness (QED) is 0.541. The predicted molar refractivity (Wildman–Crippen MR) is 56.1 cm³/mol. The highest BCUT2D eigenvalue weighted by atomic mass is 16.4. The monoisotopic (exact) mass is 231 g/mol. The molecule has 0 saturated carbocycles. The first-order valence-corrected chi connectivity index (χ1v) is 5.21. The summed E-state index contributed by atoms with van der Waals surface area (Å²) in [6, 6.07) is -0.342. The van der Waals surface area contributed by atoms with Gasteiger partial charge in [0.25, 0.3) is 0 Å². The number of rotatable bonds is 4. The standard InChI is InChI=1S/C9H17N3O4/c13-6-5-11-1-3-12(4-2-11)9(16)10-7-8(14)15/h13H,1-7H2,(H,10,16)(H,14,15). The van der Waals surface area contributed by atoms with Gasteiger partial charge in [0.15, 0.2) is 0 Å². The van der Waals surface area contributed by atoms with Crippen molar-refractivity contribution in [2.24, 2.45) is 0 Å². The molecule has 92 valence electrons. The molecule has 0 bridgehead atoms. The van der Waals surface area contributed by atoms with Crippen molar-refractivity contribution in [3.05, 3.63) is 0 Å². The number of carboxylic acid groups (broad SMARTS) is 1. The first-order chi connectivity index (χ1) is 7.63. The van der Waals surface area contributed by atoms with Crippen LogP contribution >= 0.6 is 0 Å². The topological polar surface area (TPSA) is 93.1 Å². The molecule has 16 heavy (non-hydrogen) atoms. The summed E-state index contributed by atoms with van der Waals surface area (Å²) in [5.41, 5.74) is 0. The van der Waals surface area contributed by atoms with Crippen LogP contribution in [0.4, 0.5) is 4.79 Å². The zero-order chi connectivity index (χ0) is 12.0. The van der Waals surface area contributed by atoms with E-state index in [4.69, 9.17) is 10.2 Å². The van der Waals surface area contributed by atoms with Crippen molar-refractivity contribution < 1.29 is 19.8 Å². The Balaban J connectivity index is 2.24. The van der Waals surface area contributed by atoms with Crippen molar-refractivity contribution in [3.63, 3.8) is 0 Å².